The van der Waals surface area contributed by atoms with Gasteiger partial charge in [-0.2, -0.15) is 0 Å². The first-order valence-electron chi connectivity index (χ1n) is 7.39. The summed E-state index contributed by atoms with van der Waals surface area (Å²) < 4.78 is 6.72. The topological polar surface area (TPSA) is 107 Å². The Morgan fingerprint density at radius 2 is 1.96 bits per heavy atom. The monoisotopic (exact) mass is 319 g/mol. The van der Waals surface area contributed by atoms with E-state index in [-0.39, 0.29) is 12.8 Å². The van der Waals surface area contributed by atoms with Crippen molar-refractivity contribution < 1.29 is 14.3 Å². The average Bonchev–Trinajstić information content (AvgIpc) is 2.73. The number of nitrogens with one attached hydrogen (secondary N) is 1. The lowest BCUT2D eigenvalue weighted by atomic mass is 10.1. The number of esters is 1. The number of nitrogens with zero attached hydrogens (tertiary/aromatic N) is 1. The second-order valence-corrected chi connectivity index (χ2v) is 6.37. The van der Waals surface area contributed by atoms with Gasteiger partial charge in [0.2, 0.25) is 5.91 Å². The van der Waals surface area contributed by atoms with E-state index in [0.717, 1.165) is 0 Å². The summed E-state index contributed by atoms with van der Waals surface area (Å²) in [5, 5.41) is 0. The van der Waals surface area contributed by atoms with Crippen molar-refractivity contribution in [2.75, 3.05) is 0 Å². The van der Waals surface area contributed by atoms with Gasteiger partial charge in [-0.1, -0.05) is 12.1 Å². The minimum Gasteiger partial charge on any atom is -0.458 e. The predicted molar refractivity (Wildman–Crippen MR) is 85.9 cm³/mol. The maximum atomic E-state index is 12.5. The molecule has 0 aliphatic rings. The Labute approximate surface area is 133 Å². The van der Waals surface area contributed by atoms with Crippen molar-refractivity contribution in [2.45, 2.75) is 45.3 Å². The van der Waals surface area contributed by atoms with E-state index in [1.165, 1.54) is 4.57 Å². The van der Waals surface area contributed by atoms with Crippen molar-refractivity contribution in [1.82, 2.24) is 9.55 Å². The molecule has 1 heterocycles. The highest BCUT2D eigenvalue weighted by Gasteiger charge is 2.29. The molecule has 0 fully saturated rings. The van der Waals surface area contributed by atoms with E-state index in [1.54, 1.807) is 45.0 Å². The van der Waals surface area contributed by atoms with Crippen LogP contribution in [0.3, 0.4) is 0 Å². The fourth-order valence-electron chi connectivity index (χ4n) is 2.38. The number of aromatic nitrogens is 2. The molecule has 0 spiro atoms. The number of carbonyl (C=O) groups is 2. The number of imidazole rings is 1. The van der Waals surface area contributed by atoms with Gasteiger partial charge in [0.25, 0.3) is 0 Å². The van der Waals surface area contributed by atoms with Crippen molar-refractivity contribution in [3.8, 4) is 0 Å². The average molecular weight is 319 g/mol. The van der Waals surface area contributed by atoms with E-state index in [0.29, 0.717) is 11.0 Å². The van der Waals surface area contributed by atoms with Gasteiger partial charge in [-0.15, -0.1) is 0 Å². The summed E-state index contributed by atoms with van der Waals surface area (Å²) in [5.41, 5.74) is 5.26. The lowest BCUT2D eigenvalue weighted by molar-refractivity contribution is -0.159. The van der Waals surface area contributed by atoms with Gasteiger partial charge in [0.15, 0.2) is 0 Å². The van der Waals surface area contributed by atoms with Gasteiger partial charge in [-0.25, -0.2) is 9.59 Å². The SMILES string of the molecule is CC(C)(C)OC(=O)C(CCC(N)=O)n1c(=O)[nH]c2ccccc21. The summed E-state index contributed by atoms with van der Waals surface area (Å²) in [5.74, 6) is -1.10. The molecular formula is C16H21N3O4. The Balaban J connectivity index is 2.47. The highest BCUT2D eigenvalue weighted by Crippen LogP contribution is 2.22. The Kier molecular flexibility index (Phi) is 4.58. The van der Waals surface area contributed by atoms with Crippen LogP contribution in [0.2, 0.25) is 0 Å². The first-order chi connectivity index (χ1) is 10.7. The molecule has 1 atom stereocenters. The van der Waals surface area contributed by atoms with Crippen LogP contribution in [0, 0.1) is 0 Å². The van der Waals surface area contributed by atoms with Gasteiger partial charge >= 0.3 is 11.7 Å². The summed E-state index contributed by atoms with van der Waals surface area (Å²) in [6.07, 6.45) is 0.0852. The Morgan fingerprint density at radius 1 is 1.30 bits per heavy atom. The van der Waals surface area contributed by atoms with Crippen LogP contribution in [0.25, 0.3) is 11.0 Å². The number of aromatic amines is 1. The zero-order valence-corrected chi connectivity index (χ0v) is 13.5. The third-order valence-corrected chi connectivity index (χ3v) is 3.28. The van der Waals surface area contributed by atoms with Crippen LogP contribution in [0.1, 0.15) is 39.7 Å². The number of H-pyrrole nitrogens is 1. The fourth-order valence-corrected chi connectivity index (χ4v) is 2.38. The van der Waals surface area contributed by atoms with Crippen LogP contribution in [-0.4, -0.2) is 27.0 Å². The molecule has 1 aromatic heterocycles. The number of hydrogen-bond acceptors (Lipinski definition) is 4. The number of primary amides is 1. The molecular weight excluding hydrogens is 298 g/mol. The van der Waals surface area contributed by atoms with E-state index < -0.39 is 29.2 Å². The highest BCUT2D eigenvalue weighted by atomic mass is 16.6. The molecule has 23 heavy (non-hydrogen) atoms. The molecule has 1 aromatic carbocycles. The smallest absolute Gasteiger partial charge is 0.329 e. The first kappa shape index (κ1) is 16.8. The van der Waals surface area contributed by atoms with Gasteiger partial charge in [-0.3, -0.25) is 9.36 Å². The molecule has 7 nitrogen and oxygen atoms in total. The Morgan fingerprint density at radius 3 is 2.57 bits per heavy atom. The van der Waals surface area contributed by atoms with Gasteiger partial charge in [0.05, 0.1) is 11.0 Å². The second-order valence-electron chi connectivity index (χ2n) is 6.37. The number of amides is 1. The predicted octanol–water partition coefficient (Wildman–Crippen LogP) is 1.48. The lowest BCUT2D eigenvalue weighted by Gasteiger charge is -2.24. The third kappa shape index (κ3) is 4.00. The van der Waals surface area contributed by atoms with Crippen molar-refractivity contribution in [3.05, 3.63) is 34.7 Å². The lowest BCUT2D eigenvalue weighted by Crippen LogP contribution is -2.34. The largest absolute Gasteiger partial charge is 0.458 e. The summed E-state index contributed by atoms with van der Waals surface area (Å²) in [6, 6.07) is 6.12. The number of nitrogens with two attached hydrogens (primary N) is 1. The van der Waals surface area contributed by atoms with Crippen LogP contribution in [-0.2, 0) is 14.3 Å². The number of rotatable bonds is 5. The normalized spacial score (nSPS) is 13.0. The van der Waals surface area contributed by atoms with Gasteiger partial charge in [0.1, 0.15) is 11.6 Å². The van der Waals surface area contributed by atoms with E-state index >= 15 is 0 Å². The number of para-hydroxylation sites is 2. The molecule has 7 heteroatoms. The minimum atomic E-state index is -0.912. The van der Waals surface area contributed by atoms with Crippen LogP contribution < -0.4 is 11.4 Å². The maximum absolute atomic E-state index is 12.5. The van der Waals surface area contributed by atoms with Crippen molar-refractivity contribution in [1.29, 1.82) is 0 Å². The molecule has 124 valence electrons. The Hall–Kier alpha value is -2.57. The number of hydrogen-bond donors (Lipinski definition) is 2. The molecule has 1 unspecified atom stereocenters. The number of benzene rings is 1. The van der Waals surface area contributed by atoms with Crippen molar-refractivity contribution >= 4 is 22.9 Å². The van der Waals surface area contributed by atoms with Crippen LogP contribution in [0.15, 0.2) is 29.1 Å². The maximum Gasteiger partial charge on any atom is 0.329 e. The molecule has 3 N–H and O–H groups in total. The van der Waals surface area contributed by atoms with E-state index in [1.807, 2.05) is 0 Å². The molecule has 2 aromatic rings. The van der Waals surface area contributed by atoms with Crippen molar-refractivity contribution in [3.63, 3.8) is 0 Å². The summed E-state index contributed by atoms with van der Waals surface area (Å²) in [4.78, 5) is 38.6. The number of ether oxygens (including phenoxy) is 1. The minimum absolute atomic E-state index is 0.0180. The summed E-state index contributed by atoms with van der Waals surface area (Å²) >= 11 is 0. The van der Waals surface area contributed by atoms with Gasteiger partial charge < -0.3 is 15.5 Å². The second kappa shape index (κ2) is 6.28. The molecule has 2 rings (SSSR count). The summed E-state index contributed by atoms with van der Waals surface area (Å²) in [6.45, 7) is 5.23. The quantitative estimate of drug-likeness (QED) is 0.814. The number of fused-ring (bicyclic) bond motifs is 1. The molecule has 1 amide bonds. The Bertz CT molecular complexity index is 782. The van der Waals surface area contributed by atoms with Crippen molar-refractivity contribution in [2.24, 2.45) is 5.73 Å². The molecule has 0 saturated heterocycles. The van der Waals surface area contributed by atoms with Gasteiger partial charge in [0, 0.05) is 6.42 Å². The van der Waals surface area contributed by atoms with Crippen LogP contribution >= 0.6 is 0 Å². The molecule has 0 bridgehead atoms. The summed E-state index contributed by atoms with van der Waals surface area (Å²) in [7, 11) is 0. The molecule has 0 aliphatic heterocycles. The van der Waals surface area contributed by atoms with Crippen LogP contribution in [0.5, 0.6) is 0 Å². The number of carbonyl (C=O) groups excluding carboxylic acids is 2. The van der Waals surface area contributed by atoms with Gasteiger partial charge in [-0.05, 0) is 39.3 Å². The van der Waals surface area contributed by atoms with E-state index in [4.69, 9.17) is 10.5 Å². The molecule has 0 saturated carbocycles. The van der Waals surface area contributed by atoms with Crippen LogP contribution in [0.4, 0.5) is 0 Å². The molecule has 0 radical (unpaired) electrons. The fraction of sp³-hybridized carbons (Fsp3) is 0.438. The van der Waals surface area contributed by atoms with E-state index in [9.17, 15) is 14.4 Å². The molecule has 0 aliphatic carbocycles. The first-order valence-corrected chi connectivity index (χ1v) is 7.39. The highest BCUT2D eigenvalue weighted by molar-refractivity contribution is 5.81. The third-order valence-electron chi connectivity index (χ3n) is 3.28. The standard InChI is InChI=1S/C16H21N3O4/c1-16(2,3)23-14(21)12(8-9-13(17)20)19-11-7-5-4-6-10(11)18-15(19)22/h4-7,12H,8-9H2,1-3H3,(H2,17,20)(H,18,22). The zero-order chi connectivity index (χ0) is 17.2. The zero-order valence-electron chi connectivity index (χ0n) is 13.5. The van der Waals surface area contributed by atoms with E-state index in [2.05, 4.69) is 4.98 Å².